The van der Waals surface area contributed by atoms with E-state index in [2.05, 4.69) is 0 Å². The number of anilines is 1. The van der Waals surface area contributed by atoms with E-state index < -0.39 is 10.4 Å². The summed E-state index contributed by atoms with van der Waals surface area (Å²) in [5, 5.41) is 0.603. The van der Waals surface area contributed by atoms with Crippen LogP contribution in [-0.2, 0) is 10.4 Å². The Kier molecular flexibility index (Phi) is 5.31. The molecule has 0 spiro atoms. The molecule has 0 unspecified atom stereocenters. The van der Waals surface area contributed by atoms with Crippen LogP contribution in [0.3, 0.4) is 0 Å². The highest BCUT2D eigenvalue weighted by molar-refractivity contribution is 7.79. The molecule has 2 rings (SSSR count). The number of nitrogen functional groups attached to an aromatic ring is 1. The van der Waals surface area contributed by atoms with Crippen LogP contribution >= 0.6 is 11.6 Å². The fraction of sp³-hybridized carbons (Fsp3) is 0. The molecule has 4 N–H and O–H groups in total. The van der Waals surface area contributed by atoms with Crippen LogP contribution in [0.15, 0.2) is 48.5 Å². The standard InChI is InChI=1S/C12H10ClN.H2O4S/c13-11-8-4-7-10(12(11)14)9-5-2-1-3-6-9;1-5(2,3)4/h1-8H,14H2;(H2,1,2,3,4). The van der Waals surface area contributed by atoms with E-state index in [1.165, 1.54) is 0 Å². The van der Waals surface area contributed by atoms with Crippen molar-refractivity contribution in [3.63, 3.8) is 0 Å². The first-order valence-corrected chi connectivity index (χ1v) is 6.86. The summed E-state index contributed by atoms with van der Waals surface area (Å²) in [5.41, 5.74) is 8.60. The molecule has 0 saturated heterocycles. The second-order valence-corrected chi connectivity index (χ2v) is 4.82. The number of hydrogen-bond acceptors (Lipinski definition) is 3. The lowest BCUT2D eigenvalue weighted by atomic mass is 10.0. The van der Waals surface area contributed by atoms with Gasteiger partial charge in [0.2, 0.25) is 0 Å². The zero-order valence-electron chi connectivity index (χ0n) is 9.69. The van der Waals surface area contributed by atoms with Crippen molar-refractivity contribution in [2.24, 2.45) is 0 Å². The average Bonchev–Trinajstić information content (AvgIpc) is 2.32. The topological polar surface area (TPSA) is 101 Å². The average molecular weight is 302 g/mol. The van der Waals surface area contributed by atoms with Gasteiger partial charge in [-0.05, 0) is 11.6 Å². The van der Waals surface area contributed by atoms with Gasteiger partial charge in [-0.3, -0.25) is 9.11 Å². The molecule has 2 aromatic carbocycles. The molecule has 2 aromatic rings. The Morgan fingerprint density at radius 1 is 0.947 bits per heavy atom. The van der Waals surface area contributed by atoms with E-state index in [-0.39, 0.29) is 0 Å². The summed E-state index contributed by atoms with van der Waals surface area (Å²) >= 11 is 5.94. The Morgan fingerprint density at radius 2 is 1.47 bits per heavy atom. The fourth-order valence-electron chi connectivity index (χ4n) is 1.41. The van der Waals surface area contributed by atoms with Gasteiger partial charge in [0.1, 0.15) is 0 Å². The largest absolute Gasteiger partial charge is 0.397 e. The summed E-state index contributed by atoms with van der Waals surface area (Å²) in [6.45, 7) is 0. The van der Waals surface area contributed by atoms with Crippen LogP contribution in [0.5, 0.6) is 0 Å². The first-order valence-electron chi connectivity index (χ1n) is 5.08. The van der Waals surface area contributed by atoms with E-state index >= 15 is 0 Å². The van der Waals surface area contributed by atoms with Gasteiger partial charge in [0.15, 0.2) is 0 Å². The summed E-state index contributed by atoms with van der Waals surface area (Å²) in [4.78, 5) is 0. The van der Waals surface area contributed by atoms with Crippen molar-refractivity contribution in [1.82, 2.24) is 0 Å². The molecule has 0 atom stereocenters. The maximum Gasteiger partial charge on any atom is 0.394 e. The van der Waals surface area contributed by atoms with E-state index in [1.54, 1.807) is 6.07 Å². The zero-order chi connectivity index (χ0) is 14.5. The third kappa shape index (κ3) is 5.71. The Balaban J connectivity index is 0.000000312. The van der Waals surface area contributed by atoms with Gasteiger partial charge >= 0.3 is 10.4 Å². The lowest BCUT2D eigenvalue weighted by Crippen LogP contribution is -1.90. The maximum atomic E-state index is 8.74. The summed E-state index contributed by atoms with van der Waals surface area (Å²) in [6.07, 6.45) is 0. The molecular weight excluding hydrogens is 290 g/mol. The van der Waals surface area contributed by atoms with Crippen LogP contribution in [-0.4, -0.2) is 17.5 Å². The normalized spacial score (nSPS) is 10.5. The highest BCUT2D eigenvalue weighted by Crippen LogP contribution is 2.30. The monoisotopic (exact) mass is 301 g/mol. The van der Waals surface area contributed by atoms with Crippen LogP contribution in [0, 0.1) is 0 Å². The van der Waals surface area contributed by atoms with E-state index in [4.69, 9.17) is 34.9 Å². The van der Waals surface area contributed by atoms with Gasteiger partial charge in [0, 0.05) is 5.56 Å². The molecule has 0 aliphatic rings. The molecule has 0 radical (unpaired) electrons. The molecule has 102 valence electrons. The predicted molar refractivity (Wildman–Crippen MR) is 75.5 cm³/mol. The van der Waals surface area contributed by atoms with Crippen molar-refractivity contribution in [3.8, 4) is 11.1 Å². The Bertz CT molecular complexity index is 636. The van der Waals surface area contributed by atoms with E-state index in [0.717, 1.165) is 11.1 Å². The fourth-order valence-corrected chi connectivity index (χ4v) is 1.58. The van der Waals surface area contributed by atoms with Crippen molar-refractivity contribution in [2.45, 2.75) is 0 Å². The van der Waals surface area contributed by atoms with E-state index in [9.17, 15) is 0 Å². The van der Waals surface area contributed by atoms with Gasteiger partial charge in [-0.1, -0.05) is 54.1 Å². The second-order valence-electron chi connectivity index (χ2n) is 3.51. The first-order chi connectivity index (χ1) is 8.79. The van der Waals surface area contributed by atoms with Gasteiger partial charge < -0.3 is 5.73 Å². The van der Waals surface area contributed by atoms with Crippen LogP contribution in [0.25, 0.3) is 11.1 Å². The molecule has 0 aromatic heterocycles. The van der Waals surface area contributed by atoms with Gasteiger partial charge in [0.05, 0.1) is 10.7 Å². The van der Waals surface area contributed by atoms with Crippen molar-refractivity contribution in [3.05, 3.63) is 53.6 Å². The second kappa shape index (κ2) is 6.53. The van der Waals surface area contributed by atoms with Gasteiger partial charge in [-0.2, -0.15) is 8.42 Å². The first kappa shape index (κ1) is 15.5. The lowest BCUT2D eigenvalue weighted by Gasteiger charge is -2.06. The Morgan fingerprint density at radius 3 is 2.00 bits per heavy atom. The molecular formula is C12H12ClNO4S. The van der Waals surface area contributed by atoms with Crippen molar-refractivity contribution < 1.29 is 17.5 Å². The third-order valence-electron chi connectivity index (χ3n) is 2.14. The van der Waals surface area contributed by atoms with Crippen molar-refractivity contribution in [2.75, 3.05) is 5.73 Å². The minimum Gasteiger partial charge on any atom is -0.397 e. The predicted octanol–water partition coefficient (Wildman–Crippen LogP) is 2.94. The summed E-state index contributed by atoms with van der Waals surface area (Å²) in [6, 6.07) is 15.6. The molecule has 0 aliphatic heterocycles. The SMILES string of the molecule is Nc1c(Cl)cccc1-c1ccccc1.O=S(=O)(O)O. The van der Waals surface area contributed by atoms with Crippen LogP contribution in [0.4, 0.5) is 5.69 Å². The molecule has 0 aliphatic carbocycles. The molecule has 0 fully saturated rings. The minimum absolute atomic E-state index is 0.603. The number of rotatable bonds is 1. The number of benzene rings is 2. The lowest BCUT2D eigenvalue weighted by molar-refractivity contribution is 0.381. The van der Waals surface area contributed by atoms with Gasteiger partial charge in [-0.25, -0.2) is 0 Å². The van der Waals surface area contributed by atoms with E-state index in [1.807, 2.05) is 42.5 Å². The van der Waals surface area contributed by atoms with Gasteiger partial charge in [0.25, 0.3) is 0 Å². The zero-order valence-corrected chi connectivity index (χ0v) is 11.3. The highest BCUT2D eigenvalue weighted by atomic mass is 35.5. The van der Waals surface area contributed by atoms with Gasteiger partial charge in [-0.15, -0.1) is 0 Å². The Hall–Kier alpha value is -1.60. The number of hydrogen-bond donors (Lipinski definition) is 3. The molecule has 0 bridgehead atoms. The van der Waals surface area contributed by atoms with Crippen molar-refractivity contribution >= 4 is 27.7 Å². The maximum absolute atomic E-state index is 8.74. The van der Waals surface area contributed by atoms with Crippen LogP contribution < -0.4 is 5.73 Å². The number of halogens is 1. The highest BCUT2D eigenvalue weighted by Gasteiger charge is 2.03. The molecule has 19 heavy (non-hydrogen) atoms. The quantitative estimate of drug-likeness (QED) is 0.555. The number of para-hydroxylation sites is 1. The van der Waals surface area contributed by atoms with Crippen LogP contribution in [0.1, 0.15) is 0 Å². The minimum atomic E-state index is -4.67. The molecule has 5 nitrogen and oxygen atoms in total. The molecule has 0 amide bonds. The molecule has 0 saturated carbocycles. The third-order valence-corrected chi connectivity index (χ3v) is 2.47. The summed E-state index contributed by atoms with van der Waals surface area (Å²) in [7, 11) is -4.67. The smallest absolute Gasteiger partial charge is 0.394 e. The number of nitrogens with two attached hydrogens (primary N) is 1. The molecule has 0 heterocycles. The summed E-state index contributed by atoms with van der Waals surface area (Å²) < 4.78 is 31.6. The summed E-state index contributed by atoms with van der Waals surface area (Å²) in [5.74, 6) is 0. The van der Waals surface area contributed by atoms with Crippen molar-refractivity contribution in [1.29, 1.82) is 0 Å². The Labute approximate surface area is 116 Å². The molecule has 7 heteroatoms. The van der Waals surface area contributed by atoms with E-state index in [0.29, 0.717) is 10.7 Å². The van der Waals surface area contributed by atoms with Crippen LogP contribution in [0.2, 0.25) is 5.02 Å².